The zero-order valence-corrected chi connectivity index (χ0v) is 10.8. The number of carbonyl (C=O) groups excluding carboxylic acids is 1. The van der Waals surface area contributed by atoms with Crippen LogP contribution in [0, 0.1) is 5.82 Å². The summed E-state index contributed by atoms with van der Waals surface area (Å²) in [5.74, 6) is -1.88. The number of rotatable bonds is 5. The molecule has 1 aromatic rings. The van der Waals surface area contributed by atoms with Gasteiger partial charge in [0.15, 0.2) is 24.8 Å². The quantitative estimate of drug-likeness (QED) is 0.659. The normalized spacial score (nSPS) is 11.2. The summed E-state index contributed by atoms with van der Waals surface area (Å²) in [5, 5.41) is 0. The van der Waals surface area contributed by atoms with Gasteiger partial charge in [0.25, 0.3) is 5.91 Å². The average molecular weight is 346 g/mol. The third-order valence-corrected chi connectivity index (χ3v) is 2.17. The van der Waals surface area contributed by atoms with E-state index in [1.807, 2.05) is 0 Å². The molecular weight excluding hydrogens is 338 g/mol. The molecule has 106 valence electrons. The van der Waals surface area contributed by atoms with Gasteiger partial charge in [0.2, 0.25) is 0 Å². The van der Waals surface area contributed by atoms with Gasteiger partial charge in [-0.3, -0.25) is 9.63 Å². The molecular formula is C10H8BrF4NO3. The largest absolute Gasteiger partial charge is 0.481 e. The van der Waals surface area contributed by atoms with Gasteiger partial charge in [0.05, 0.1) is 0 Å². The first-order valence-electron chi connectivity index (χ1n) is 4.83. The van der Waals surface area contributed by atoms with Crippen LogP contribution in [-0.4, -0.2) is 25.3 Å². The molecule has 0 aromatic heterocycles. The number of ether oxygens (including phenoxy) is 1. The summed E-state index contributed by atoms with van der Waals surface area (Å²) >= 11 is 3.03. The Kier molecular flexibility index (Phi) is 5.55. The van der Waals surface area contributed by atoms with Crippen molar-refractivity contribution in [2.75, 3.05) is 13.2 Å². The summed E-state index contributed by atoms with van der Waals surface area (Å²) in [4.78, 5) is 14.9. The minimum Gasteiger partial charge on any atom is -0.481 e. The van der Waals surface area contributed by atoms with E-state index in [0.29, 0.717) is 4.47 Å². The third kappa shape index (κ3) is 6.39. The number of benzene rings is 1. The van der Waals surface area contributed by atoms with Crippen LogP contribution in [0.1, 0.15) is 0 Å². The fourth-order valence-corrected chi connectivity index (χ4v) is 1.30. The van der Waals surface area contributed by atoms with Crippen molar-refractivity contribution in [3.05, 3.63) is 28.5 Å². The second-order valence-electron chi connectivity index (χ2n) is 3.29. The highest BCUT2D eigenvalue weighted by Gasteiger charge is 2.28. The number of hydroxylamine groups is 1. The highest BCUT2D eigenvalue weighted by Crippen LogP contribution is 2.21. The lowest BCUT2D eigenvalue weighted by atomic mass is 10.3. The standard InChI is InChI=1S/C10H8BrF4NO3/c11-6-1-2-8(7(12)3-6)18-4-9(17)16-19-5-10(13,14)15/h1-3H,4-5H2,(H,16,17). The Hall–Kier alpha value is -1.35. The van der Waals surface area contributed by atoms with Gasteiger partial charge in [-0.1, -0.05) is 15.9 Å². The van der Waals surface area contributed by atoms with Gasteiger partial charge in [0, 0.05) is 4.47 Å². The first-order valence-corrected chi connectivity index (χ1v) is 5.62. The molecule has 1 rings (SSSR count). The molecule has 1 N–H and O–H groups in total. The summed E-state index contributed by atoms with van der Waals surface area (Å²) < 4.78 is 53.5. The van der Waals surface area contributed by atoms with Crippen LogP contribution in [0.4, 0.5) is 17.6 Å². The Bertz CT molecular complexity index is 453. The number of alkyl halides is 3. The fourth-order valence-electron chi connectivity index (χ4n) is 0.963. The van der Waals surface area contributed by atoms with E-state index in [4.69, 9.17) is 4.74 Å². The molecule has 1 amide bonds. The van der Waals surface area contributed by atoms with Crippen molar-refractivity contribution in [3.63, 3.8) is 0 Å². The first-order chi connectivity index (χ1) is 8.78. The van der Waals surface area contributed by atoms with Gasteiger partial charge in [0.1, 0.15) is 0 Å². The Labute approximate surface area is 113 Å². The van der Waals surface area contributed by atoms with Crippen molar-refractivity contribution in [1.29, 1.82) is 0 Å². The van der Waals surface area contributed by atoms with E-state index in [1.54, 1.807) is 0 Å². The van der Waals surface area contributed by atoms with Crippen molar-refractivity contribution in [2.24, 2.45) is 0 Å². The van der Waals surface area contributed by atoms with Gasteiger partial charge in [-0.25, -0.2) is 9.87 Å². The van der Waals surface area contributed by atoms with E-state index in [2.05, 4.69) is 20.8 Å². The maximum atomic E-state index is 13.2. The maximum absolute atomic E-state index is 13.2. The number of hydrogen-bond donors (Lipinski definition) is 1. The Morgan fingerprint density at radius 2 is 2.05 bits per heavy atom. The number of nitrogens with one attached hydrogen (secondary N) is 1. The number of hydrogen-bond acceptors (Lipinski definition) is 3. The predicted octanol–water partition coefficient (Wildman–Crippen LogP) is 2.58. The number of amides is 1. The Morgan fingerprint density at radius 3 is 2.63 bits per heavy atom. The van der Waals surface area contributed by atoms with Gasteiger partial charge < -0.3 is 4.74 Å². The molecule has 0 saturated heterocycles. The highest BCUT2D eigenvalue weighted by atomic mass is 79.9. The third-order valence-electron chi connectivity index (χ3n) is 1.67. The van der Waals surface area contributed by atoms with Gasteiger partial charge in [-0.05, 0) is 18.2 Å². The Balaban J connectivity index is 2.34. The summed E-state index contributed by atoms with van der Waals surface area (Å²) in [7, 11) is 0. The highest BCUT2D eigenvalue weighted by molar-refractivity contribution is 9.10. The van der Waals surface area contributed by atoms with Crippen LogP contribution < -0.4 is 10.2 Å². The van der Waals surface area contributed by atoms with Crippen LogP contribution in [0.2, 0.25) is 0 Å². The topological polar surface area (TPSA) is 47.6 Å². The second kappa shape index (κ2) is 6.71. The van der Waals surface area contributed by atoms with Crippen LogP contribution in [0.25, 0.3) is 0 Å². The van der Waals surface area contributed by atoms with E-state index in [0.717, 1.165) is 6.07 Å². The van der Waals surface area contributed by atoms with Crippen molar-refractivity contribution in [3.8, 4) is 5.75 Å². The predicted molar refractivity (Wildman–Crippen MR) is 59.7 cm³/mol. The van der Waals surface area contributed by atoms with E-state index in [-0.39, 0.29) is 5.75 Å². The fraction of sp³-hybridized carbons (Fsp3) is 0.300. The van der Waals surface area contributed by atoms with E-state index >= 15 is 0 Å². The van der Waals surface area contributed by atoms with Crippen LogP contribution >= 0.6 is 15.9 Å². The number of carbonyl (C=O) groups is 1. The number of halogens is 5. The van der Waals surface area contributed by atoms with Crippen LogP contribution in [0.5, 0.6) is 5.75 Å². The maximum Gasteiger partial charge on any atom is 0.414 e. The SMILES string of the molecule is O=C(COc1ccc(Br)cc1F)NOCC(F)(F)F. The van der Waals surface area contributed by atoms with Crippen LogP contribution in [-0.2, 0) is 9.63 Å². The summed E-state index contributed by atoms with van der Waals surface area (Å²) in [6.07, 6.45) is -4.55. The zero-order chi connectivity index (χ0) is 14.5. The summed E-state index contributed by atoms with van der Waals surface area (Å²) in [6, 6.07) is 3.87. The lowest BCUT2D eigenvalue weighted by Crippen LogP contribution is -2.32. The molecule has 0 unspecified atom stereocenters. The lowest BCUT2D eigenvalue weighted by molar-refractivity contribution is -0.192. The minimum atomic E-state index is -4.55. The molecule has 0 radical (unpaired) electrons. The summed E-state index contributed by atoms with van der Waals surface area (Å²) in [6.45, 7) is -2.29. The smallest absolute Gasteiger partial charge is 0.414 e. The molecule has 0 saturated carbocycles. The molecule has 0 heterocycles. The molecule has 0 aliphatic heterocycles. The van der Waals surface area contributed by atoms with Crippen LogP contribution in [0.3, 0.4) is 0 Å². The second-order valence-corrected chi connectivity index (χ2v) is 4.21. The van der Waals surface area contributed by atoms with Gasteiger partial charge >= 0.3 is 6.18 Å². The van der Waals surface area contributed by atoms with E-state index < -0.39 is 31.1 Å². The molecule has 4 nitrogen and oxygen atoms in total. The van der Waals surface area contributed by atoms with Crippen molar-refractivity contribution >= 4 is 21.8 Å². The molecule has 0 aliphatic carbocycles. The molecule has 0 spiro atoms. The summed E-state index contributed by atoms with van der Waals surface area (Å²) in [5.41, 5.74) is 1.52. The average Bonchev–Trinajstić information content (AvgIpc) is 2.26. The van der Waals surface area contributed by atoms with Gasteiger partial charge in [-0.2, -0.15) is 13.2 Å². The molecule has 0 aliphatic rings. The zero-order valence-electron chi connectivity index (χ0n) is 9.26. The van der Waals surface area contributed by atoms with Gasteiger partial charge in [-0.15, -0.1) is 0 Å². The molecule has 0 atom stereocenters. The van der Waals surface area contributed by atoms with Crippen molar-refractivity contribution in [2.45, 2.75) is 6.18 Å². The van der Waals surface area contributed by atoms with Crippen LogP contribution in [0.15, 0.2) is 22.7 Å². The lowest BCUT2D eigenvalue weighted by Gasteiger charge is -2.09. The van der Waals surface area contributed by atoms with Crippen molar-refractivity contribution in [1.82, 2.24) is 5.48 Å². The Morgan fingerprint density at radius 1 is 1.37 bits per heavy atom. The van der Waals surface area contributed by atoms with E-state index in [1.165, 1.54) is 17.6 Å². The van der Waals surface area contributed by atoms with E-state index in [9.17, 15) is 22.4 Å². The monoisotopic (exact) mass is 345 g/mol. The molecule has 0 bridgehead atoms. The molecule has 0 fully saturated rings. The molecule has 1 aromatic carbocycles. The first kappa shape index (κ1) is 15.7. The van der Waals surface area contributed by atoms with Crippen molar-refractivity contribution < 1.29 is 31.9 Å². The molecule has 9 heteroatoms. The minimum absolute atomic E-state index is 0.200. The molecule has 19 heavy (non-hydrogen) atoms.